The molecule has 0 bridgehead atoms. The predicted octanol–water partition coefficient (Wildman–Crippen LogP) is 4.15. The summed E-state index contributed by atoms with van der Waals surface area (Å²) in [5, 5.41) is 3.53. The van der Waals surface area contributed by atoms with Crippen LogP contribution in [0.2, 0.25) is 0 Å². The van der Waals surface area contributed by atoms with Crippen molar-refractivity contribution in [1.82, 2.24) is 15.3 Å². The van der Waals surface area contributed by atoms with Crippen LogP contribution in [0.25, 0.3) is 0 Å². The second-order valence-electron chi connectivity index (χ2n) is 3.84. The molecule has 1 N–H and O–H groups in total. The van der Waals surface area contributed by atoms with Crippen molar-refractivity contribution in [2.75, 3.05) is 6.54 Å². The first-order valence-electron chi connectivity index (χ1n) is 5.65. The molecule has 0 saturated heterocycles. The van der Waals surface area contributed by atoms with Gasteiger partial charge in [-0.1, -0.05) is 6.92 Å². The van der Waals surface area contributed by atoms with E-state index in [2.05, 4.69) is 60.1 Å². The number of halogens is 2. The Morgan fingerprint density at radius 2 is 2.06 bits per heavy atom. The summed E-state index contributed by atoms with van der Waals surface area (Å²) in [6, 6.07) is 2.26. The fourth-order valence-corrected chi connectivity index (χ4v) is 4.61. The Morgan fingerprint density at radius 1 is 1.33 bits per heavy atom. The molecule has 0 spiro atoms. The minimum atomic E-state index is 0.128. The van der Waals surface area contributed by atoms with E-state index in [1.165, 1.54) is 5.56 Å². The molecule has 0 aliphatic rings. The molecule has 0 fully saturated rings. The molecule has 2 heterocycles. The Balaban J connectivity index is 2.34. The van der Waals surface area contributed by atoms with E-state index < -0.39 is 0 Å². The van der Waals surface area contributed by atoms with E-state index in [0.29, 0.717) is 0 Å². The van der Waals surface area contributed by atoms with Crippen LogP contribution in [0.1, 0.15) is 30.5 Å². The Morgan fingerprint density at radius 3 is 2.61 bits per heavy atom. The molecule has 2 rings (SSSR count). The first-order valence-corrected chi connectivity index (χ1v) is 8.05. The molecule has 0 saturated carbocycles. The lowest BCUT2D eigenvalue weighted by atomic mass is 10.0. The van der Waals surface area contributed by atoms with Crippen LogP contribution >= 0.6 is 43.2 Å². The topological polar surface area (TPSA) is 37.8 Å². The molecule has 0 aromatic carbocycles. The highest BCUT2D eigenvalue weighted by Crippen LogP contribution is 2.37. The first-order chi connectivity index (χ1) is 8.72. The molecule has 1 unspecified atom stereocenters. The van der Waals surface area contributed by atoms with E-state index in [9.17, 15) is 0 Å². The van der Waals surface area contributed by atoms with Gasteiger partial charge >= 0.3 is 0 Å². The van der Waals surface area contributed by atoms with Crippen LogP contribution in [0.3, 0.4) is 0 Å². The summed E-state index contributed by atoms with van der Waals surface area (Å²) < 4.78 is 2.25. The Kier molecular flexibility index (Phi) is 5.29. The lowest BCUT2D eigenvalue weighted by Gasteiger charge is -2.17. The van der Waals surface area contributed by atoms with Crippen molar-refractivity contribution in [2.45, 2.75) is 19.4 Å². The molecule has 0 aliphatic carbocycles. The summed E-state index contributed by atoms with van der Waals surface area (Å²) in [5.41, 5.74) is 2.30. The van der Waals surface area contributed by atoms with E-state index in [1.807, 2.05) is 12.4 Å². The van der Waals surface area contributed by atoms with Crippen molar-refractivity contribution in [2.24, 2.45) is 0 Å². The highest BCUT2D eigenvalue weighted by Gasteiger charge is 2.18. The number of nitrogens with zero attached hydrogens (tertiary/aromatic N) is 2. The van der Waals surface area contributed by atoms with Crippen molar-refractivity contribution < 1.29 is 0 Å². The minimum Gasteiger partial charge on any atom is -0.306 e. The second kappa shape index (κ2) is 6.75. The molecule has 18 heavy (non-hydrogen) atoms. The summed E-state index contributed by atoms with van der Waals surface area (Å²) in [7, 11) is 0. The van der Waals surface area contributed by atoms with Gasteiger partial charge in [0.2, 0.25) is 0 Å². The number of rotatable bonds is 5. The van der Waals surface area contributed by atoms with Crippen molar-refractivity contribution in [3.8, 4) is 0 Å². The minimum absolute atomic E-state index is 0.128. The SMILES string of the molecule is CCCNC(c1cncnc1)c1cc(Br)sc1Br. The van der Waals surface area contributed by atoms with Crippen molar-refractivity contribution in [1.29, 1.82) is 0 Å². The molecule has 0 amide bonds. The molecule has 6 heteroatoms. The third kappa shape index (κ3) is 3.38. The number of hydrogen-bond donors (Lipinski definition) is 1. The fourth-order valence-electron chi connectivity index (χ4n) is 1.71. The average molecular weight is 391 g/mol. The zero-order valence-electron chi connectivity index (χ0n) is 9.86. The van der Waals surface area contributed by atoms with Gasteiger partial charge in [0.05, 0.1) is 13.6 Å². The normalized spacial score (nSPS) is 12.6. The molecule has 0 radical (unpaired) electrons. The van der Waals surface area contributed by atoms with Crippen LogP contribution < -0.4 is 5.32 Å². The zero-order chi connectivity index (χ0) is 13.0. The van der Waals surface area contributed by atoms with Gasteiger partial charge in [0.15, 0.2) is 0 Å². The quantitative estimate of drug-likeness (QED) is 0.833. The van der Waals surface area contributed by atoms with Gasteiger partial charge in [-0.15, -0.1) is 11.3 Å². The third-order valence-corrected chi connectivity index (χ3v) is 4.89. The molecule has 96 valence electrons. The van der Waals surface area contributed by atoms with E-state index in [0.717, 1.165) is 26.1 Å². The zero-order valence-corrected chi connectivity index (χ0v) is 13.8. The second-order valence-corrected chi connectivity index (χ2v) is 7.59. The largest absolute Gasteiger partial charge is 0.306 e. The first kappa shape index (κ1) is 14.1. The lowest BCUT2D eigenvalue weighted by Crippen LogP contribution is -2.23. The Hall–Kier alpha value is -0.300. The predicted molar refractivity (Wildman–Crippen MR) is 81.9 cm³/mol. The molecular weight excluding hydrogens is 378 g/mol. The van der Waals surface area contributed by atoms with Gasteiger partial charge in [0, 0.05) is 18.0 Å². The van der Waals surface area contributed by atoms with Crippen LogP contribution in [0.15, 0.2) is 32.4 Å². The van der Waals surface area contributed by atoms with Crippen molar-refractivity contribution in [3.05, 3.63) is 43.5 Å². The van der Waals surface area contributed by atoms with E-state index in [4.69, 9.17) is 0 Å². The van der Waals surface area contributed by atoms with Gasteiger partial charge in [-0.05, 0) is 56.5 Å². The maximum absolute atomic E-state index is 4.10. The smallest absolute Gasteiger partial charge is 0.115 e. The number of nitrogens with one attached hydrogen (secondary N) is 1. The van der Waals surface area contributed by atoms with Gasteiger partial charge in [0.1, 0.15) is 6.33 Å². The van der Waals surface area contributed by atoms with Gasteiger partial charge in [-0.2, -0.15) is 0 Å². The van der Waals surface area contributed by atoms with Crippen molar-refractivity contribution in [3.63, 3.8) is 0 Å². The average Bonchev–Trinajstić information content (AvgIpc) is 2.70. The summed E-state index contributed by atoms with van der Waals surface area (Å²) in [4.78, 5) is 8.20. The number of hydrogen-bond acceptors (Lipinski definition) is 4. The van der Waals surface area contributed by atoms with Crippen LogP contribution in [0.4, 0.5) is 0 Å². The Bertz CT molecular complexity index is 501. The van der Waals surface area contributed by atoms with Crippen LogP contribution in [0.5, 0.6) is 0 Å². The molecule has 1 atom stereocenters. The van der Waals surface area contributed by atoms with Crippen molar-refractivity contribution >= 4 is 43.2 Å². The van der Waals surface area contributed by atoms with Crippen LogP contribution in [-0.2, 0) is 0 Å². The fraction of sp³-hybridized carbons (Fsp3) is 0.333. The maximum atomic E-state index is 4.10. The number of aromatic nitrogens is 2. The molecular formula is C12H13Br2N3S. The Labute approximate surface area is 127 Å². The standard InChI is InChI=1S/C12H13Br2N3S/c1-2-3-17-11(8-5-15-7-16-6-8)9-4-10(13)18-12(9)14/h4-7,11,17H,2-3H2,1H3. The monoisotopic (exact) mass is 389 g/mol. The maximum Gasteiger partial charge on any atom is 0.115 e. The molecule has 2 aromatic rings. The molecule has 3 nitrogen and oxygen atoms in total. The lowest BCUT2D eigenvalue weighted by molar-refractivity contribution is 0.595. The highest BCUT2D eigenvalue weighted by atomic mass is 79.9. The molecule has 2 aromatic heterocycles. The summed E-state index contributed by atoms with van der Waals surface area (Å²) in [6.07, 6.45) is 6.36. The molecule has 0 aliphatic heterocycles. The van der Waals surface area contributed by atoms with E-state index in [1.54, 1.807) is 17.7 Å². The summed E-state index contributed by atoms with van der Waals surface area (Å²) in [5.74, 6) is 0. The van der Waals surface area contributed by atoms with Crippen LogP contribution in [-0.4, -0.2) is 16.5 Å². The van der Waals surface area contributed by atoms with Gasteiger partial charge in [-0.3, -0.25) is 0 Å². The van der Waals surface area contributed by atoms with Gasteiger partial charge < -0.3 is 5.32 Å². The van der Waals surface area contributed by atoms with Gasteiger partial charge in [0.25, 0.3) is 0 Å². The third-order valence-electron chi connectivity index (χ3n) is 2.51. The van der Waals surface area contributed by atoms with E-state index >= 15 is 0 Å². The van der Waals surface area contributed by atoms with Crippen LogP contribution in [0, 0.1) is 0 Å². The van der Waals surface area contributed by atoms with E-state index in [-0.39, 0.29) is 6.04 Å². The highest BCUT2D eigenvalue weighted by molar-refractivity contribution is 9.12. The summed E-state index contributed by atoms with van der Waals surface area (Å²) >= 11 is 8.81. The number of thiophene rings is 1. The summed E-state index contributed by atoms with van der Waals surface area (Å²) in [6.45, 7) is 3.11. The van der Waals surface area contributed by atoms with Gasteiger partial charge in [-0.25, -0.2) is 9.97 Å².